The molecule has 0 aliphatic rings. The quantitative estimate of drug-likeness (QED) is 0.691. The Morgan fingerprint density at radius 2 is 2.33 bits per heavy atom. The SMILES string of the molecule is C=C/C(=C\C=C(/C)F)n1cnc(CC)c1. The Morgan fingerprint density at radius 1 is 1.60 bits per heavy atom. The van der Waals surface area contributed by atoms with Crippen LogP contribution in [0.3, 0.4) is 0 Å². The molecule has 1 rings (SSSR count). The van der Waals surface area contributed by atoms with E-state index in [1.54, 1.807) is 18.5 Å². The lowest BCUT2D eigenvalue weighted by Crippen LogP contribution is -1.89. The first-order valence-electron chi connectivity index (χ1n) is 4.87. The molecule has 0 radical (unpaired) electrons. The van der Waals surface area contributed by atoms with E-state index in [4.69, 9.17) is 0 Å². The van der Waals surface area contributed by atoms with Gasteiger partial charge < -0.3 is 4.57 Å². The van der Waals surface area contributed by atoms with Gasteiger partial charge in [0.1, 0.15) is 0 Å². The third-order valence-corrected chi connectivity index (χ3v) is 1.99. The van der Waals surface area contributed by atoms with E-state index in [1.165, 1.54) is 13.0 Å². The van der Waals surface area contributed by atoms with Crippen LogP contribution in [-0.2, 0) is 6.42 Å². The van der Waals surface area contributed by atoms with Gasteiger partial charge in [0.15, 0.2) is 0 Å². The van der Waals surface area contributed by atoms with Crippen molar-refractivity contribution in [3.63, 3.8) is 0 Å². The van der Waals surface area contributed by atoms with E-state index in [2.05, 4.69) is 11.6 Å². The summed E-state index contributed by atoms with van der Waals surface area (Å²) in [6.07, 6.45) is 9.24. The van der Waals surface area contributed by atoms with Crippen molar-refractivity contribution >= 4 is 5.70 Å². The van der Waals surface area contributed by atoms with Crippen molar-refractivity contribution in [3.8, 4) is 0 Å². The maximum atomic E-state index is 12.5. The zero-order valence-electron chi connectivity index (χ0n) is 9.07. The Labute approximate surface area is 89.5 Å². The number of hydrogen-bond acceptors (Lipinski definition) is 1. The number of nitrogens with zero attached hydrogens (tertiary/aromatic N) is 2. The van der Waals surface area contributed by atoms with Crippen molar-refractivity contribution in [3.05, 3.63) is 48.9 Å². The van der Waals surface area contributed by atoms with Crippen LogP contribution in [-0.4, -0.2) is 9.55 Å². The molecule has 1 heterocycles. The highest BCUT2D eigenvalue weighted by Crippen LogP contribution is 2.09. The summed E-state index contributed by atoms with van der Waals surface area (Å²) in [6, 6.07) is 0. The third kappa shape index (κ3) is 3.20. The maximum Gasteiger partial charge on any atom is 0.0995 e. The summed E-state index contributed by atoms with van der Waals surface area (Å²) >= 11 is 0. The molecule has 0 bridgehead atoms. The summed E-state index contributed by atoms with van der Waals surface area (Å²) in [5.74, 6) is -0.231. The fourth-order valence-corrected chi connectivity index (χ4v) is 1.15. The summed E-state index contributed by atoms with van der Waals surface area (Å²) in [6.45, 7) is 7.12. The van der Waals surface area contributed by atoms with Crippen LogP contribution in [0.25, 0.3) is 5.70 Å². The molecule has 0 fully saturated rings. The molecule has 0 amide bonds. The van der Waals surface area contributed by atoms with Crippen LogP contribution in [0.2, 0.25) is 0 Å². The van der Waals surface area contributed by atoms with Gasteiger partial charge in [-0.1, -0.05) is 13.5 Å². The Balaban J connectivity index is 2.97. The summed E-state index contributed by atoms with van der Waals surface area (Å²) in [5.41, 5.74) is 1.81. The van der Waals surface area contributed by atoms with Gasteiger partial charge in [0.25, 0.3) is 0 Å². The van der Waals surface area contributed by atoms with Crippen molar-refractivity contribution < 1.29 is 4.39 Å². The highest BCUT2D eigenvalue weighted by Gasteiger charge is 1.98. The van der Waals surface area contributed by atoms with Gasteiger partial charge in [0, 0.05) is 11.9 Å². The van der Waals surface area contributed by atoms with Gasteiger partial charge >= 0.3 is 0 Å². The predicted octanol–water partition coefficient (Wildman–Crippen LogP) is 3.35. The number of hydrogen-bond donors (Lipinski definition) is 0. The molecule has 0 N–H and O–H groups in total. The van der Waals surface area contributed by atoms with Crippen molar-refractivity contribution in [1.82, 2.24) is 9.55 Å². The molecule has 1 aromatic rings. The van der Waals surface area contributed by atoms with Gasteiger partial charge in [-0.25, -0.2) is 9.37 Å². The van der Waals surface area contributed by atoms with E-state index < -0.39 is 0 Å². The fraction of sp³-hybridized carbons (Fsp3) is 0.250. The number of aromatic nitrogens is 2. The van der Waals surface area contributed by atoms with Gasteiger partial charge in [0.05, 0.1) is 17.8 Å². The van der Waals surface area contributed by atoms with Crippen LogP contribution in [0.4, 0.5) is 4.39 Å². The topological polar surface area (TPSA) is 17.8 Å². The molecule has 80 valence electrons. The molecule has 0 aromatic carbocycles. The monoisotopic (exact) mass is 206 g/mol. The first-order valence-corrected chi connectivity index (χ1v) is 4.87. The lowest BCUT2D eigenvalue weighted by Gasteiger charge is -2.00. The largest absolute Gasteiger partial charge is 0.306 e. The average molecular weight is 206 g/mol. The van der Waals surface area contributed by atoms with Crippen LogP contribution in [0.5, 0.6) is 0 Å². The molecule has 1 aromatic heterocycles. The minimum atomic E-state index is -0.231. The molecule has 0 atom stereocenters. The van der Waals surface area contributed by atoms with Crippen LogP contribution < -0.4 is 0 Å². The number of allylic oxidation sites excluding steroid dienone is 5. The van der Waals surface area contributed by atoms with E-state index in [1.807, 2.05) is 17.7 Å². The number of rotatable bonds is 4. The fourth-order valence-electron chi connectivity index (χ4n) is 1.15. The number of aryl methyl sites for hydroxylation is 1. The van der Waals surface area contributed by atoms with Crippen LogP contribution >= 0.6 is 0 Å². The highest BCUT2D eigenvalue weighted by molar-refractivity contribution is 5.58. The number of halogens is 1. The molecule has 2 nitrogen and oxygen atoms in total. The summed E-state index contributed by atoms with van der Waals surface area (Å²) in [4.78, 5) is 4.19. The van der Waals surface area contributed by atoms with Gasteiger partial charge in [-0.3, -0.25) is 0 Å². The summed E-state index contributed by atoms with van der Waals surface area (Å²) < 4.78 is 14.4. The van der Waals surface area contributed by atoms with E-state index in [-0.39, 0.29) is 5.83 Å². The molecule has 0 aliphatic carbocycles. The van der Waals surface area contributed by atoms with Crippen molar-refractivity contribution in [2.45, 2.75) is 20.3 Å². The smallest absolute Gasteiger partial charge is 0.0995 e. The lowest BCUT2D eigenvalue weighted by molar-refractivity contribution is 0.640. The van der Waals surface area contributed by atoms with Gasteiger partial charge in [0.2, 0.25) is 0 Å². The van der Waals surface area contributed by atoms with E-state index in [0.717, 1.165) is 17.8 Å². The standard InChI is InChI=1S/C12H15FN2/c1-4-11-8-15(9-14-11)12(5-2)7-6-10(3)13/h5-9H,2,4H2,1,3H3/b10-6+,12-7+. The van der Waals surface area contributed by atoms with E-state index >= 15 is 0 Å². The normalized spacial score (nSPS) is 13.0. The van der Waals surface area contributed by atoms with Crippen LogP contribution in [0.1, 0.15) is 19.5 Å². The van der Waals surface area contributed by atoms with E-state index in [0.29, 0.717) is 0 Å². The zero-order valence-corrected chi connectivity index (χ0v) is 9.07. The molecule has 15 heavy (non-hydrogen) atoms. The second-order valence-corrected chi connectivity index (χ2v) is 3.17. The minimum Gasteiger partial charge on any atom is -0.306 e. The van der Waals surface area contributed by atoms with Crippen molar-refractivity contribution in [1.29, 1.82) is 0 Å². The van der Waals surface area contributed by atoms with Crippen molar-refractivity contribution in [2.24, 2.45) is 0 Å². The predicted molar refractivity (Wildman–Crippen MR) is 60.9 cm³/mol. The molecule has 0 saturated carbocycles. The molecular formula is C12H15FN2. The average Bonchev–Trinajstić information content (AvgIpc) is 2.67. The van der Waals surface area contributed by atoms with Crippen LogP contribution in [0, 0.1) is 0 Å². The molecular weight excluding hydrogens is 191 g/mol. The second-order valence-electron chi connectivity index (χ2n) is 3.17. The first kappa shape index (κ1) is 11.4. The molecule has 3 heteroatoms. The molecule has 0 aliphatic heterocycles. The third-order valence-electron chi connectivity index (χ3n) is 1.99. The Kier molecular flexibility index (Phi) is 4.03. The lowest BCUT2D eigenvalue weighted by atomic mass is 10.3. The van der Waals surface area contributed by atoms with Crippen molar-refractivity contribution in [2.75, 3.05) is 0 Å². The first-order chi connectivity index (χ1) is 7.17. The van der Waals surface area contributed by atoms with Crippen LogP contribution in [0.15, 0.2) is 43.2 Å². The second kappa shape index (κ2) is 5.29. The van der Waals surface area contributed by atoms with E-state index in [9.17, 15) is 4.39 Å². The molecule has 0 spiro atoms. The number of imidazole rings is 1. The molecule has 0 saturated heterocycles. The Bertz CT molecular complexity index is 396. The van der Waals surface area contributed by atoms with Gasteiger partial charge in [-0.2, -0.15) is 0 Å². The Hall–Kier alpha value is -1.64. The van der Waals surface area contributed by atoms with Gasteiger partial charge in [-0.05, 0) is 31.6 Å². The summed E-state index contributed by atoms with van der Waals surface area (Å²) in [7, 11) is 0. The van der Waals surface area contributed by atoms with Gasteiger partial charge in [-0.15, -0.1) is 0 Å². The maximum absolute atomic E-state index is 12.5. The zero-order chi connectivity index (χ0) is 11.3. The molecule has 0 unspecified atom stereocenters. The highest BCUT2D eigenvalue weighted by atomic mass is 19.1. The minimum absolute atomic E-state index is 0.231. The Morgan fingerprint density at radius 3 is 2.80 bits per heavy atom. The summed E-state index contributed by atoms with van der Waals surface area (Å²) in [5, 5.41) is 0.